The highest BCUT2D eigenvalue weighted by molar-refractivity contribution is 7.89. The summed E-state index contributed by atoms with van der Waals surface area (Å²) in [6.07, 6.45) is 5.76. The molecule has 0 amide bonds. The Labute approximate surface area is 159 Å². The summed E-state index contributed by atoms with van der Waals surface area (Å²) >= 11 is 0. The van der Waals surface area contributed by atoms with Gasteiger partial charge in [-0.25, -0.2) is 13.1 Å². The van der Waals surface area contributed by atoms with E-state index < -0.39 is 22.2 Å². The van der Waals surface area contributed by atoms with Crippen molar-refractivity contribution in [1.82, 2.24) is 14.5 Å². The van der Waals surface area contributed by atoms with Crippen LogP contribution in [-0.2, 0) is 23.0 Å². The predicted octanol–water partition coefficient (Wildman–Crippen LogP) is 1.67. The third kappa shape index (κ3) is 3.74. The number of sulfonamides is 1. The van der Waals surface area contributed by atoms with Crippen LogP contribution in [0.15, 0.2) is 35.5 Å². The van der Waals surface area contributed by atoms with Crippen LogP contribution in [-0.4, -0.2) is 42.0 Å². The molecule has 0 radical (unpaired) electrons. The first-order chi connectivity index (χ1) is 12.9. The van der Waals surface area contributed by atoms with Gasteiger partial charge in [0.1, 0.15) is 0 Å². The lowest BCUT2D eigenvalue weighted by Crippen LogP contribution is -2.40. The summed E-state index contributed by atoms with van der Waals surface area (Å²) in [7, 11) is -3.69. The van der Waals surface area contributed by atoms with Crippen LogP contribution >= 0.6 is 0 Å². The molecular weight excluding hydrogens is 364 g/mol. The van der Waals surface area contributed by atoms with E-state index in [2.05, 4.69) is 15.1 Å². The smallest absolute Gasteiger partial charge is 0.241 e. The van der Waals surface area contributed by atoms with Gasteiger partial charge >= 0.3 is 0 Å². The van der Waals surface area contributed by atoms with Gasteiger partial charge < -0.3 is 10.4 Å². The quantitative estimate of drug-likeness (QED) is 0.722. The first-order valence-electron chi connectivity index (χ1n) is 9.48. The van der Waals surface area contributed by atoms with Gasteiger partial charge in [-0.1, -0.05) is 6.07 Å². The van der Waals surface area contributed by atoms with Crippen LogP contribution in [0.3, 0.4) is 0 Å². The molecule has 1 aromatic carbocycles. The molecule has 2 heterocycles. The molecule has 0 bridgehead atoms. The fourth-order valence-electron chi connectivity index (χ4n) is 4.30. The Hall–Kier alpha value is -1.90. The van der Waals surface area contributed by atoms with Crippen molar-refractivity contribution in [3.63, 3.8) is 0 Å². The number of aryl methyl sites for hydroxylation is 1. The third-order valence-corrected chi connectivity index (χ3v) is 7.19. The molecule has 4 rings (SSSR count). The molecule has 3 N–H and O–H groups in total. The topological polar surface area (TPSA) is 96.2 Å². The number of aliphatic hydroxyl groups is 1. The van der Waals surface area contributed by atoms with Crippen LogP contribution in [0, 0.1) is 12.8 Å². The van der Waals surface area contributed by atoms with Crippen molar-refractivity contribution in [2.75, 3.05) is 11.9 Å². The predicted molar refractivity (Wildman–Crippen MR) is 103 cm³/mol. The molecule has 1 aliphatic carbocycles. The lowest BCUT2D eigenvalue weighted by molar-refractivity contribution is 0.154. The zero-order valence-corrected chi connectivity index (χ0v) is 16.2. The van der Waals surface area contributed by atoms with Crippen LogP contribution in [0.5, 0.6) is 0 Å². The van der Waals surface area contributed by atoms with E-state index in [-0.39, 0.29) is 5.92 Å². The average molecular weight is 391 g/mol. The Balaban J connectivity index is 1.52. The molecule has 146 valence electrons. The van der Waals surface area contributed by atoms with Crippen molar-refractivity contribution in [3.8, 4) is 0 Å². The van der Waals surface area contributed by atoms with Gasteiger partial charge in [-0.3, -0.25) is 4.68 Å². The summed E-state index contributed by atoms with van der Waals surface area (Å²) in [4.78, 5) is 0.332. The minimum Gasteiger partial charge on any atom is -0.391 e. The second-order valence-electron chi connectivity index (χ2n) is 7.63. The van der Waals surface area contributed by atoms with Crippen LogP contribution < -0.4 is 10.0 Å². The molecule has 0 saturated heterocycles. The number of rotatable bonds is 5. The van der Waals surface area contributed by atoms with Gasteiger partial charge in [0, 0.05) is 37.2 Å². The molecule has 1 aromatic heterocycles. The number of aromatic nitrogens is 2. The van der Waals surface area contributed by atoms with E-state index in [1.165, 1.54) is 0 Å². The van der Waals surface area contributed by atoms with Crippen LogP contribution in [0.2, 0.25) is 0 Å². The van der Waals surface area contributed by atoms with Crippen molar-refractivity contribution in [2.24, 2.45) is 5.92 Å². The molecule has 8 heteroatoms. The Bertz CT molecular complexity index is 911. The largest absolute Gasteiger partial charge is 0.391 e. The van der Waals surface area contributed by atoms with Crippen molar-refractivity contribution < 1.29 is 13.5 Å². The zero-order valence-electron chi connectivity index (χ0n) is 15.4. The van der Waals surface area contributed by atoms with Gasteiger partial charge in [-0.05, 0) is 61.8 Å². The number of hydrogen-bond acceptors (Lipinski definition) is 5. The van der Waals surface area contributed by atoms with Gasteiger partial charge in [0.25, 0.3) is 0 Å². The third-order valence-electron chi connectivity index (χ3n) is 5.61. The normalized spacial score (nSPS) is 25.2. The van der Waals surface area contributed by atoms with Gasteiger partial charge in [-0.15, -0.1) is 0 Å². The van der Waals surface area contributed by atoms with E-state index in [1.54, 1.807) is 12.3 Å². The number of anilines is 1. The van der Waals surface area contributed by atoms with E-state index in [0.717, 1.165) is 36.2 Å². The summed E-state index contributed by atoms with van der Waals surface area (Å²) in [5.74, 6) is 0.196. The fourth-order valence-corrected chi connectivity index (χ4v) is 5.85. The first-order valence-corrected chi connectivity index (χ1v) is 11.0. The van der Waals surface area contributed by atoms with E-state index in [9.17, 15) is 13.5 Å². The summed E-state index contributed by atoms with van der Waals surface area (Å²) in [5, 5.41) is 17.9. The van der Waals surface area contributed by atoms with Gasteiger partial charge in [0.2, 0.25) is 10.0 Å². The average Bonchev–Trinajstić information content (AvgIpc) is 3.25. The zero-order chi connectivity index (χ0) is 19.0. The molecule has 1 unspecified atom stereocenters. The maximum atomic E-state index is 13.1. The Morgan fingerprint density at radius 3 is 3.00 bits per heavy atom. The van der Waals surface area contributed by atoms with Crippen molar-refractivity contribution in [1.29, 1.82) is 0 Å². The molecule has 0 spiro atoms. The lowest BCUT2D eigenvalue weighted by atomic mass is 10.00. The number of aliphatic hydroxyl groups excluding tert-OH is 1. The minimum absolute atomic E-state index is 0.196. The summed E-state index contributed by atoms with van der Waals surface area (Å²) in [5.41, 5.74) is 2.85. The van der Waals surface area contributed by atoms with Crippen molar-refractivity contribution in [3.05, 3.63) is 41.7 Å². The standard InChI is InChI=1S/C19H26N4O3S/c1-13-5-6-18(15-4-2-7-20-19(13)15)27(25,26)22-16-10-14(11-17(16)24)12-23-9-3-8-21-23/h3,5-6,8-9,14,16-17,20,22,24H,2,4,7,10-12H2,1H3/t14?,16-,17-/m1/s1. The van der Waals surface area contributed by atoms with E-state index in [0.29, 0.717) is 24.3 Å². The Morgan fingerprint density at radius 2 is 2.22 bits per heavy atom. The second-order valence-corrected chi connectivity index (χ2v) is 9.31. The van der Waals surface area contributed by atoms with E-state index in [1.807, 2.05) is 29.9 Å². The Kier molecular flexibility index (Phi) is 4.96. The maximum absolute atomic E-state index is 13.1. The summed E-state index contributed by atoms with van der Waals surface area (Å²) in [6.45, 7) is 3.54. The Morgan fingerprint density at radius 1 is 1.37 bits per heavy atom. The number of nitrogens with zero attached hydrogens (tertiary/aromatic N) is 2. The van der Waals surface area contributed by atoms with Gasteiger partial charge in [0.05, 0.1) is 11.0 Å². The fraction of sp³-hybridized carbons (Fsp3) is 0.526. The van der Waals surface area contributed by atoms with Crippen LogP contribution in [0.4, 0.5) is 5.69 Å². The number of fused-ring (bicyclic) bond motifs is 1. The number of benzene rings is 1. The van der Waals surface area contributed by atoms with Crippen LogP contribution in [0.1, 0.15) is 30.4 Å². The SMILES string of the molecule is Cc1ccc(S(=O)(=O)N[C@@H]2CC(Cn3cccn3)C[C@H]2O)c2c1NCCC2. The highest BCUT2D eigenvalue weighted by Gasteiger charge is 2.37. The highest BCUT2D eigenvalue weighted by Crippen LogP contribution is 2.33. The number of nitrogens with one attached hydrogen (secondary N) is 2. The molecule has 2 aliphatic rings. The first kappa shape index (κ1) is 18.5. The van der Waals surface area contributed by atoms with Crippen molar-refractivity contribution in [2.45, 2.75) is 56.2 Å². The molecule has 3 atom stereocenters. The second kappa shape index (κ2) is 7.26. The van der Waals surface area contributed by atoms with E-state index in [4.69, 9.17) is 0 Å². The number of hydrogen-bond donors (Lipinski definition) is 3. The van der Waals surface area contributed by atoms with Crippen molar-refractivity contribution >= 4 is 15.7 Å². The highest BCUT2D eigenvalue weighted by atomic mass is 32.2. The molecule has 7 nitrogen and oxygen atoms in total. The molecule has 2 aromatic rings. The van der Waals surface area contributed by atoms with E-state index >= 15 is 0 Å². The molecule has 1 fully saturated rings. The monoisotopic (exact) mass is 390 g/mol. The van der Waals surface area contributed by atoms with Gasteiger partial charge in [-0.2, -0.15) is 5.10 Å². The summed E-state index contributed by atoms with van der Waals surface area (Å²) < 4.78 is 30.7. The van der Waals surface area contributed by atoms with Gasteiger partial charge in [0.15, 0.2) is 0 Å². The summed E-state index contributed by atoms with van der Waals surface area (Å²) in [6, 6.07) is 4.92. The maximum Gasteiger partial charge on any atom is 0.241 e. The van der Waals surface area contributed by atoms with Crippen LogP contribution in [0.25, 0.3) is 0 Å². The minimum atomic E-state index is -3.69. The molecular formula is C19H26N4O3S. The lowest BCUT2D eigenvalue weighted by Gasteiger charge is -2.24. The molecule has 1 saturated carbocycles. The molecule has 27 heavy (non-hydrogen) atoms. The molecule has 1 aliphatic heterocycles.